The van der Waals surface area contributed by atoms with Gasteiger partial charge in [-0.3, -0.25) is 0 Å². The number of rotatable bonds is 5. The van der Waals surface area contributed by atoms with Crippen molar-refractivity contribution in [1.29, 1.82) is 0 Å². The van der Waals surface area contributed by atoms with Crippen LogP contribution in [0.4, 0.5) is 11.4 Å². The maximum Gasteiger partial charge on any atom is 0.0889 e. The molecule has 2 nitrogen and oxygen atoms in total. The van der Waals surface area contributed by atoms with Crippen molar-refractivity contribution in [3.63, 3.8) is 0 Å². The summed E-state index contributed by atoms with van der Waals surface area (Å²) in [6.45, 7) is 0. The minimum atomic E-state index is 0.875. The van der Waals surface area contributed by atoms with Crippen molar-refractivity contribution in [2.45, 2.75) is 12.8 Å². The Morgan fingerprint density at radius 1 is 0.545 bits per heavy atom. The molecule has 0 aromatic heterocycles. The van der Waals surface area contributed by atoms with Crippen LogP contribution in [0.3, 0.4) is 0 Å². The molecule has 3 aromatic rings. The van der Waals surface area contributed by atoms with E-state index >= 15 is 0 Å². The van der Waals surface area contributed by atoms with E-state index in [0.717, 1.165) is 24.2 Å². The second-order valence-electron chi connectivity index (χ2n) is 5.15. The van der Waals surface area contributed by atoms with Crippen LogP contribution in [-0.2, 0) is 12.8 Å². The highest BCUT2D eigenvalue weighted by Gasteiger charge is 2.01. The summed E-state index contributed by atoms with van der Waals surface area (Å²) in [5.41, 5.74) is 4.39. The quantitative estimate of drug-likeness (QED) is 0.523. The van der Waals surface area contributed by atoms with Gasteiger partial charge in [-0.25, -0.2) is 0 Å². The normalized spacial score (nSPS) is 10.9. The first-order valence-electron chi connectivity index (χ1n) is 7.50. The molecule has 3 rings (SSSR count). The molecule has 0 bridgehead atoms. The fourth-order valence-electron chi connectivity index (χ4n) is 2.35. The maximum absolute atomic E-state index is 4.41. The van der Waals surface area contributed by atoms with Crippen molar-refractivity contribution in [1.82, 2.24) is 0 Å². The number of benzene rings is 3. The van der Waals surface area contributed by atoms with E-state index in [4.69, 9.17) is 0 Å². The second-order valence-corrected chi connectivity index (χ2v) is 5.15. The standard InChI is InChI=1S/C20H18N2/c1-3-9-17(10-4-1)15-16-18-11-7-8-14-20(18)22-21-19-12-5-2-6-13-19/h1-14H,15-16H2. The lowest BCUT2D eigenvalue weighted by Crippen LogP contribution is -1.91. The van der Waals surface area contributed by atoms with Crippen molar-refractivity contribution in [2.24, 2.45) is 10.2 Å². The minimum Gasteiger partial charge on any atom is -0.151 e. The molecule has 108 valence electrons. The molecule has 0 aliphatic heterocycles. The molecular formula is C20H18N2. The van der Waals surface area contributed by atoms with E-state index in [1.54, 1.807) is 0 Å². The Labute approximate surface area is 131 Å². The van der Waals surface area contributed by atoms with Gasteiger partial charge in [-0.05, 0) is 42.2 Å². The summed E-state index contributed by atoms with van der Waals surface area (Å²) >= 11 is 0. The first-order chi connectivity index (χ1) is 10.9. The van der Waals surface area contributed by atoms with Crippen LogP contribution in [0.1, 0.15) is 11.1 Å². The molecule has 0 amide bonds. The Morgan fingerprint density at radius 3 is 1.95 bits per heavy atom. The molecule has 22 heavy (non-hydrogen) atoms. The highest BCUT2D eigenvalue weighted by atomic mass is 15.1. The van der Waals surface area contributed by atoms with Gasteiger partial charge in [-0.15, -0.1) is 0 Å². The first kappa shape index (κ1) is 14.2. The third-order valence-corrected chi connectivity index (χ3v) is 3.55. The van der Waals surface area contributed by atoms with Crippen molar-refractivity contribution < 1.29 is 0 Å². The third kappa shape index (κ3) is 3.89. The van der Waals surface area contributed by atoms with Crippen LogP contribution in [-0.4, -0.2) is 0 Å². The molecule has 0 radical (unpaired) electrons. The van der Waals surface area contributed by atoms with E-state index in [9.17, 15) is 0 Å². The Balaban J connectivity index is 1.74. The number of aryl methyl sites for hydroxylation is 2. The lowest BCUT2D eigenvalue weighted by atomic mass is 10.0. The highest BCUT2D eigenvalue weighted by Crippen LogP contribution is 2.23. The molecule has 0 saturated carbocycles. The van der Waals surface area contributed by atoms with Crippen LogP contribution in [0.2, 0.25) is 0 Å². The molecule has 0 atom stereocenters. The number of nitrogens with zero attached hydrogens (tertiary/aromatic N) is 2. The first-order valence-corrected chi connectivity index (χ1v) is 7.50. The Bertz CT molecular complexity index is 734. The third-order valence-electron chi connectivity index (χ3n) is 3.55. The predicted octanol–water partition coefficient (Wildman–Crippen LogP) is 5.89. The zero-order valence-electron chi connectivity index (χ0n) is 12.4. The van der Waals surface area contributed by atoms with Gasteiger partial charge >= 0.3 is 0 Å². The molecule has 0 spiro atoms. The average molecular weight is 286 g/mol. The zero-order chi connectivity index (χ0) is 15.0. The van der Waals surface area contributed by atoms with Crippen molar-refractivity contribution in [3.8, 4) is 0 Å². The summed E-state index contributed by atoms with van der Waals surface area (Å²) in [6.07, 6.45) is 1.98. The van der Waals surface area contributed by atoms with Gasteiger partial charge < -0.3 is 0 Å². The summed E-state index contributed by atoms with van der Waals surface area (Å²) in [6, 6.07) is 28.6. The van der Waals surface area contributed by atoms with Crippen LogP contribution in [0.15, 0.2) is 95.2 Å². The van der Waals surface area contributed by atoms with Crippen LogP contribution < -0.4 is 0 Å². The molecule has 2 heteroatoms. The topological polar surface area (TPSA) is 24.7 Å². The number of azo groups is 1. The fourth-order valence-corrected chi connectivity index (χ4v) is 2.35. The molecule has 3 aromatic carbocycles. The summed E-state index contributed by atoms with van der Waals surface area (Å²) in [7, 11) is 0. The highest BCUT2D eigenvalue weighted by molar-refractivity contribution is 5.46. The zero-order valence-corrected chi connectivity index (χ0v) is 12.4. The monoisotopic (exact) mass is 286 g/mol. The maximum atomic E-state index is 4.41. The molecule has 0 saturated heterocycles. The van der Waals surface area contributed by atoms with E-state index in [1.165, 1.54) is 11.1 Å². The van der Waals surface area contributed by atoms with Gasteiger partial charge in [0.2, 0.25) is 0 Å². The predicted molar refractivity (Wildman–Crippen MR) is 90.9 cm³/mol. The SMILES string of the molecule is c1ccc(CCc2ccccc2N=Nc2ccccc2)cc1. The Hall–Kier alpha value is -2.74. The molecule has 0 N–H and O–H groups in total. The van der Waals surface area contributed by atoms with Gasteiger partial charge in [0.25, 0.3) is 0 Å². The summed E-state index contributed by atoms with van der Waals surface area (Å²) in [4.78, 5) is 0. The summed E-state index contributed by atoms with van der Waals surface area (Å²) in [5.74, 6) is 0. The van der Waals surface area contributed by atoms with Crippen molar-refractivity contribution in [3.05, 3.63) is 96.1 Å². The summed E-state index contributed by atoms with van der Waals surface area (Å²) in [5, 5.41) is 8.73. The fraction of sp³-hybridized carbons (Fsp3) is 0.100. The molecule has 0 unspecified atom stereocenters. The van der Waals surface area contributed by atoms with Gasteiger partial charge in [0.1, 0.15) is 0 Å². The second kappa shape index (κ2) is 7.32. The molecule has 0 aliphatic carbocycles. The van der Waals surface area contributed by atoms with Crippen molar-refractivity contribution in [2.75, 3.05) is 0 Å². The van der Waals surface area contributed by atoms with Crippen LogP contribution in [0.25, 0.3) is 0 Å². The molecule has 0 heterocycles. The van der Waals surface area contributed by atoms with Gasteiger partial charge in [-0.1, -0.05) is 66.7 Å². The number of hydrogen-bond donors (Lipinski definition) is 0. The molecule has 0 fully saturated rings. The van der Waals surface area contributed by atoms with Gasteiger partial charge in [0.05, 0.1) is 11.4 Å². The number of hydrogen-bond acceptors (Lipinski definition) is 2. The average Bonchev–Trinajstić information content (AvgIpc) is 2.61. The molecule has 0 aliphatic rings. The summed E-state index contributed by atoms with van der Waals surface area (Å²) < 4.78 is 0. The van der Waals surface area contributed by atoms with E-state index < -0.39 is 0 Å². The van der Waals surface area contributed by atoms with Gasteiger partial charge in [-0.2, -0.15) is 10.2 Å². The van der Waals surface area contributed by atoms with Crippen LogP contribution in [0.5, 0.6) is 0 Å². The van der Waals surface area contributed by atoms with Crippen molar-refractivity contribution >= 4 is 11.4 Å². The lowest BCUT2D eigenvalue weighted by Gasteiger charge is -2.05. The minimum absolute atomic E-state index is 0.875. The van der Waals surface area contributed by atoms with E-state index in [0.29, 0.717) is 0 Å². The smallest absolute Gasteiger partial charge is 0.0889 e. The van der Waals surface area contributed by atoms with Gasteiger partial charge in [0, 0.05) is 0 Å². The van der Waals surface area contributed by atoms with Gasteiger partial charge in [0.15, 0.2) is 0 Å². The largest absolute Gasteiger partial charge is 0.151 e. The van der Waals surface area contributed by atoms with Crippen LogP contribution >= 0.6 is 0 Å². The van der Waals surface area contributed by atoms with E-state index in [-0.39, 0.29) is 0 Å². The van der Waals surface area contributed by atoms with E-state index in [1.807, 2.05) is 48.5 Å². The lowest BCUT2D eigenvalue weighted by molar-refractivity contribution is 0.955. The Kier molecular flexibility index (Phi) is 4.73. The Morgan fingerprint density at radius 2 is 1.18 bits per heavy atom. The van der Waals surface area contributed by atoms with E-state index in [2.05, 4.69) is 46.6 Å². The van der Waals surface area contributed by atoms with Crippen LogP contribution in [0, 0.1) is 0 Å². The molecular weight excluding hydrogens is 268 g/mol.